The number of fused-ring (bicyclic) bond motifs is 1. The lowest BCUT2D eigenvalue weighted by Gasteiger charge is -2.42. The van der Waals surface area contributed by atoms with Gasteiger partial charge in [0.15, 0.2) is 0 Å². The summed E-state index contributed by atoms with van der Waals surface area (Å²) in [6, 6.07) is 9.81. The Hall–Kier alpha value is -3.38. The Kier molecular flexibility index (Phi) is 6.45. The largest absolute Gasteiger partial charge is 0.416 e. The maximum Gasteiger partial charge on any atom is 0.416 e. The van der Waals surface area contributed by atoms with Crippen molar-refractivity contribution in [3.8, 4) is 0 Å². The number of aryl methyl sites for hydroxylation is 1. The molecule has 6 rings (SSSR count). The number of nitrogens with zero attached hydrogens (tertiary/aromatic N) is 5. The van der Waals surface area contributed by atoms with Gasteiger partial charge < -0.3 is 14.2 Å². The van der Waals surface area contributed by atoms with Crippen molar-refractivity contribution >= 4 is 11.6 Å². The summed E-state index contributed by atoms with van der Waals surface area (Å²) in [6.07, 6.45) is -3.17. The number of hydrogen-bond donors (Lipinski definition) is 0. The molecule has 7 nitrogen and oxygen atoms in total. The SMILES string of the molecule is Cn1cnnc1CC1(c2cccc(N3Cc4c(cc(CN5CCC(F)(F)CC5)cc4C(F)(F)F)C3=O)c2)COC1. The van der Waals surface area contributed by atoms with Crippen molar-refractivity contribution in [1.29, 1.82) is 0 Å². The molecule has 0 N–H and O–H groups in total. The van der Waals surface area contributed by atoms with Gasteiger partial charge in [-0.2, -0.15) is 13.2 Å². The Morgan fingerprint density at radius 1 is 1.07 bits per heavy atom. The summed E-state index contributed by atoms with van der Waals surface area (Å²) in [7, 11) is 1.85. The van der Waals surface area contributed by atoms with Crippen LogP contribution in [0, 0.1) is 0 Å². The normalized spacial score (nSPS) is 20.4. The second kappa shape index (κ2) is 9.62. The summed E-state index contributed by atoms with van der Waals surface area (Å²) in [4.78, 5) is 16.6. The molecule has 0 saturated carbocycles. The van der Waals surface area contributed by atoms with Gasteiger partial charge in [-0.15, -0.1) is 10.2 Å². The molecule has 1 amide bonds. The van der Waals surface area contributed by atoms with Crippen LogP contribution in [0.2, 0.25) is 0 Å². The van der Waals surface area contributed by atoms with E-state index in [4.69, 9.17) is 4.74 Å². The van der Waals surface area contributed by atoms with E-state index in [0.717, 1.165) is 17.5 Å². The lowest BCUT2D eigenvalue weighted by Crippen LogP contribution is -2.49. The Bertz CT molecular complexity index is 1440. The molecule has 3 aliphatic rings. The van der Waals surface area contributed by atoms with Crippen LogP contribution in [-0.2, 0) is 42.9 Å². The number of rotatable bonds is 6. The maximum atomic E-state index is 14.2. The first kappa shape index (κ1) is 26.8. The van der Waals surface area contributed by atoms with Crippen LogP contribution in [0.15, 0.2) is 42.7 Å². The number of likely N-dealkylation sites (tertiary alicyclic amines) is 1. The van der Waals surface area contributed by atoms with Crippen molar-refractivity contribution in [3.05, 3.63) is 76.4 Å². The number of halogens is 5. The minimum atomic E-state index is -4.67. The van der Waals surface area contributed by atoms with Crippen molar-refractivity contribution < 1.29 is 31.5 Å². The quantitative estimate of drug-likeness (QED) is 0.407. The van der Waals surface area contributed by atoms with Gasteiger partial charge in [-0.05, 0) is 41.0 Å². The molecule has 0 aliphatic carbocycles. The Morgan fingerprint density at radius 3 is 2.45 bits per heavy atom. The molecule has 1 aromatic heterocycles. The molecule has 2 fully saturated rings. The van der Waals surface area contributed by atoms with E-state index >= 15 is 0 Å². The minimum absolute atomic E-state index is 0.00153. The number of carbonyl (C=O) groups excluding carboxylic acids is 1. The lowest BCUT2D eigenvalue weighted by atomic mass is 9.75. The molecular formula is C28H28F5N5O2. The third-order valence-corrected chi connectivity index (χ3v) is 8.23. The van der Waals surface area contributed by atoms with Gasteiger partial charge in [0.1, 0.15) is 12.2 Å². The van der Waals surface area contributed by atoms with Crippen molar-refractivity contribution in [2.24, 2.45) is 7.05 Å². The third-order valence-electron chi connectivity index (χ3n) is 8.23. The van der Waals surface area contributed by atoms with E-state index in [2.05, 4.69) is 10.2 Å². The molecule has 2 aromatic carbocycles. The predicted octanol–water partition coefficient (Wildman–Crippen LogP) is 4.74. The van der Waals surface area contributed by atoms with E-state index in [-0.39, 0.29) is 61.1 Å². The number of aromatic nitrogens is 3. The van der Waals surface area contributed by atoms with Crippen LogP contribution in [0.3, 0.4) is 0 Å². The second-order valence-electron chi connectivity index (χ2n) is 11.0. The summed E-state index contributed by atoms with van der Waals surface area (Å²) in [6.45, 7) is 0.911. The highest BCUT2D eigenvalue weighted by molar-refractivity contribution is 6.10. The monoisotopic (exact) mass is 561 g/mol. The molecule has 0 unspecified atom stereocenters. The molecule has 3 aromatic rings. The molecule has 0 spiro atoms. The Labute approximate surface area is 227 Å². The number of piperidine rings is 1. The van der Waals surface area contributed by atoms with E-state index < -0.39 is 23.6 Å². The van der Waals surface area contributed by atoms with Crippen LogP contribution < -0.4 is 4.90 Å². The van der Waals surface area contributed by atoms with E-state index in [1.165, 1.54) is 11.0 Å². The fraction of sp³-hybridized carbons (Fsp3) is 0.464. The number of carbonyl (C=O) groups is 1. The van der Waals surface area contributed by atoms with Gasteiger partial charge in [0.2, 0.25) is 0 Å². The van der Waals surface area contributed by atoms with Crippen LogP contribution in [0.5, 0.6) is 0 Å². The topological polar surface area (TPSA) is 63.5 Å². The average molecular weight is 562 g/mol. The van der Waals surface area contributed by atoms with E-state index in [9.17, 15) is 26.7 Å². The Balaban J connectivity index is 1.29. The highest BCUT2D eigenvalue weighted by Crippen LogP contribution is 2.42. The van der Waals surface area contributed by atoms with Gasteiger partial charge in [0.25, 0.3) is 11.8 Å². The highest BCUT2D eigenvalue weighted by atomic mass is 19.4. The van der Waals surface area contributed by atoms with Crippen LogP contribution >= 0.6 is 0 Å². The molecule has 3 aliphatic heterocycles. The second-order valence-corrected chi connectivity index (χ2v) is 11.0. The fourth-order valence-corrected chi connectivity index (χ4v) is 5.81. The summed E-state index contributed by atoms with van der Waals surface area (Å²) < 4.78 is 77.1. The molecule has 0 atom stereocenters. The first-order valence-corrected chi connectivity index (χ1v) is 13.1. The van der Waals surface area contributed by atoms with Gasteiger partial charge >= 0.3 is 6.18 Å². The van der Waals surface area contributed by atoms with Crippen LogP contribution in [0.1, 0.15) is 51.3 Å². The zero-order chi connectivity index (χ0) is 28.3. The van der Waals surface area contributed by atoms with Gasteiger partial charge in [0, 0.05) is 62.6 Å². The lowest BCUT2D eigenvalue weighted by molar-refractivity contribution is -0.138. The number of benzene rings is 2. The molecule has 2 saturated heterocycles. The third kappa shape index (κ3) is 4.87. The summed E-state index contributed by atoms with van der Waals surface area (Å²) in [5.74, 6) is -2.50. The fourth-order valence-electron chi connectivity index (χ4n) is 5.81. The van der Waals surface area contributed by atoms with Crippen molar-refractivity contribution in [3.63, 3.8) is 0 Å². The maximum absolute atomic E-state index is 14.2. The van der Waals surface area contributed by atoms with Crippen LogP contribution in [0.25, 0.3) is 0 Å². The predicted molar refractivity (Wildman–Crippen MR) is 135 cm³/mol. The number of anilines is 1. The number of amides is 1. The standard InChI is InChI=1S/C28H28F5N5O2/c1-36-17-34-35-24(36)12-26(15-40-16-26)19-3-2-4-20(11-19)38-14-22-21(25(38)39)9-18(10-23(22)28(31,32)33)13-37-7-5-27(29,30)6-8-37/h2-4,9-11,17H,5-8,12-16H2,1H3. The van der Waals surface area contributed by atoms with Gasteiger partial charge in [-0.1, -0.05) is 12.1 Å². The Morgan fingerprint density at radius 2 is 1.82 bits per heavy atom. The van der Waals surface area contributed by atoms with Gasteiger partial charge in [0.05, 0.1) is 25.3 Å². The summed E-state index contributed by atoms with van der Waals surface area (Å²) in [5.41, 5.74) is 0.366. The van der Waals surface area contributed by atoms with E-state index in [0.29, 0.717) is 25.3 Å². The first-order chi connectivity index (χ1) is 18.9. The number of hydrogen-bond acceptors (Lipinski definition) is 5. The highest BCUT2D eigenvalue weighted by Gasteiger charge is 2.44. The molecule has 12 heteroatoms. The van der Waals surface area contributed by atoms with Gasteiger partial charge in [-0.25, -0.2) is 8.78 Å². The van der Waals surface area contributed by atoms with Crippen molar-refractivity contribution in [2.75, 3.05) is 31.2 Å². The van der Waals surface area contributed by atoms with Gasteiger partial charge in [-0.3, -0.25) is 9.69 Å². The molecule has 212 valence electrons. The summed E-state index contributed by atoms with van der Waals surface area (Å²) in [5, 5.41) is 8.12. The minimum Gasteiger partial charge on any atom is -0.379 e. The van der Waals surface area contributed by atoms with Crippen molar-refractivity contribution in [2.45, 2.75) is 49.9 Å². The molecule has 40 heavy (non-hydrogen) atoms. The molecular weight excluding hydrogens is 533 g/mol. The molecule has 0 bridgehead atoms. The number of ether oxygens (including phenoxy) is 1. The number of alkyl halides is 5. The smallest absolute Gasteiger partial charge is 0.379 e. The molecule has 4 heterocycles. The summed E-state index contributed by atoms with van der Waals surface area (Å²) >= 11 is 0. The van der Waals surface area contributed by atoms with Crippen LogP contribution in [-0.4, -0.2) is 57.8 Å². The van der Waals surface area contributed by atoms with E-state index in [1.807, 2.05) is 23.7 Å². The zero-order valence-electron chi connectivity index (χ0n) is 21.8. The van der Waals surface area contributed by atoms with E-state index in [1.54, 1.807) is 23.4 Å². The van der Waals surface area contributed by atoms with Crippen LogP contribution in [0.4, 0.5) is 27.6 Å². The molecule has 0 radical (unpaired) electrons. The van der Waals surface area contributed by atoms with Crippen molar-refractivity contribution in [1.82, 2.24) is 19.7 Å². The average Bonchev–Trinajstić information content (AvgIpc) is 3.44. The zero-order valence-corrected chi connectivity index (χ0v) is 21.8. The first-order valence-electron chi connectivity index (χ1n) is 13.1.